The second-order valence-electron chi connectivity index (χ2n) is 6.49. The fraction of sp³-hybridized carbons (Fsp3) is 0.571. The van der Waals surface area contributed by atoms with Gasteiger partial charge >= 0.3 is 0 Å². The molecule has 21 heavy (non-hydrogen) atoms. The Balaban J connectivity index is 3.03. The van der Waals surface area contributed by atoms with Crippen molar-refractivity contribution in [3.8, 4) is 0 Å². The van der Waals surface area contributed by atoms with Crippen LogP contribution in [0.4, 0.5) is 11.4 Å². The lowest BCUT2D eigenvalue weighted by atomic mass is 9.92. The van der Waals surface area contributed by atoms with E-state index in [9.17, 15) is 8.42 Å². The van der Waals surface area contributed by atoms with Crippen molar-refractivity contribution >= 4 is 21.4 Å². The lowest BCUT2D eigenvalue weighted by molar-refractivity contribution is 0.254. The van der Waals surface area contributed by atoms with E-state index in [2.05, 4.69) is 24.1 Å². The summed E-state index contributed by atoms with van der Waals surface area (Å²) in [6.45, 7) is 7.60. The molecule has 0 aliphatic heterocycles. The highest BCUT2D eigenvalue weighted by atomic mass is 32.2. The van der Waals surface area contributed by atoms with Crippen molar-refractivity contribution in [2.45, 2.75) is 25.7 Å². The Morgan fingerprint density at radius 3 is 2.33 bits per heavy atom. The van der Waals surface area contributed by atoms with Crippen molar-refractivity contribution in [1.82, 2.24) is 4.90 Å². The van der Waals surface area contributed by atoms with Gasteiger partial charge in [-0.15, -0.1) is 0 Å². The number of nitrogens with two attached hydrogens (primary N) is 2. The Hall–Kier alpha value is -1.31. The van der Waals surface area contributed by atoms with Crippen LogP contribution in [-0.2, 0) is 10.0 Å². The SMILES string of the molecule is Cc1c(NCC(C)(C)CN(C)C)cc(N)cc1S(N)(=O)=O. The zero-order chi connectivity index (χ0) is 16.4. The summed E-state index contributed by atoms with van der Waals surface area (Å²) in [5.74, 6) is 0. The Kier molecular flexibility index (Phi) is 5.25. The maximum atomic E-state index is 11.6. The normalized spacial score (nSPS) is 12.7. The number of nitrogens with one attached hydrogen (secondary N) is 1. The lowest BCUT2D eigenvalue weighted by Gasteiger charge is -2.29. The van der Waals surface area contributed by atoms with Gasteiger partial charge in [0.1, 0.15) is 0 Å². The topological polar surface area (TPSA) is 101 Å². The first kappa shape index (κ1) is 17.7. The van der Waals surface area contributed by atoms with Crippen LogP contribution in [0.2, 0.25) is 0 Å². The van der Waals surface area contributed by atoms with Crippen molar-refractivity contribution in [2.24, 2.45) is 10.6 Å². The number of rotatable bonds is 6. The number of nitrogen functional groups attached to an aromatic ring is 1. The molecule has 0 amide bonds. The van der Waals surface area contributed by atoms with Crippen molar-refractivity contribution in [3.63, 3.8) is 0 Å². The van der Waals surface area contributed by atoms with Gasteiger partial charge in [-0.05, 0) is 44.1 Å². The van der Waals surface area contributed by atoms with E-state index >= 15 is 0 Å². The molecule has 0 saturated carbocycles. The van der Waals surface area contributed by atoms with Gasteiger partial charge in [-0.2, -0.15) is 0 Å². The fourth-order valence-corrected chi connectivity index (χ4v) is 3.27. The largest absolute Gasteiger partial charge is 0.399 e. The van der Waals surface area contributed by atoms with Crippen LogP contribution in [0.3, 0.4) is 0 Å². The van der Waals surface area contributed by atoms with E-state index in [1.807, 2.05) is 14.1 Å². The molecule has 0 aliphatic rings. The number of hydrogen-bond donors (Lipinski definition) is 3. The standard InChI is InChI=1S/C14H26N4O2S/c1-10-12(17-8-14(2,3)9-18(4)5)6-11(15)7-13(10)21(16,19)20/h6-7,17H,8-9,15H2,1-5H3,(H2,16,19,20). The zero-order valence-electron chi connectivity index (χ0n) is 13.4. The van der Waals surface area contributed by atoms with Gasteiger partial charge in [-0.3, -0.25) is 0 Å². The third-order valence-electron chi connectivity index (χ3n) is 3.19. The van der Waals surface area contributed by atoms with Gasteiger partial charge in [0.25, 0.3) is 0 Å². The number of benzene rings is 1. The molecule has 0 heterocycles. The molecule has 0 aromatic heterocycles. The van der Waals surface area contributed by atoms with E-state index in [1.165, 1.54) is 6.07 Å². The van der Waals surface area contributed by atoms with Crippen LogP contribution in [0, 0.1) is 12.3 Å². The van der Waals surface area contributed by atoms with Crippen LogP contribution < -0.4 is 16.2 Å². The molecule has 1 aromatic rings. The average Bonchev–Trinajstić information content (AvgIpc) is 2.26. The molecule has 0 radical (unpaired) electrons. The molecule has 0 atom stereocenters. The van der Waals surface area contributed by atoms with Gasteiger partial charge in [0.05, 0.1) is 4.90 Å². The quantitative estimate of drug-likeness (QED) is 0.685. The summed E-state index contributed by atoms with van der Waals surface area (Å²) in [6, 6.07) is 3.12. The van der Waals surface area contributed by atoms with Crippen LogP contribution in [0.15, 0.2) is 17.0 Å². The minimum absolute atomic E-state index is 0.0301. The minimum atomic E-state index is -3.78. The van der Waals surface area contributed by atoms with Gasteiger partial charge in [-0.25, -0.2) is 13.6 Å². The monoisotopic (exact) mass is 314 g/mol. The minimum Gasteiger partial charge on any atom is -0.399 e. The summed E-state index contributed by atoms with van der Waals surface area (Å²) >= 11 is 0. The summed E-state index contributed by atoms with van der Waals surface area (Å²) in [5, 5.41) is 8.51. The highest BCUT2D eigenvalue weighted by Gasteiger charge is 2.20. The summed E-state index contributed by atoms with van der Waals surface area (Å²) in [6.07, 6.45) is 0. The highest BCUT2D eigenvalue weighted by molar-refractivity contribution is 7.89. The van der Waals surface area contributed by atoms with E-state index in [0.29, 0.717) is 23.5 Å². The molecule has 120 valence electrons. The molecule has 0 unspecified atom stereocenters. The van der Waals surface area contributed by atoms with E-state index in [0.717, 1.165) is 6.54 Å². The maximum Gasteiger partial charge on any atom is 0.238 e. The smallest absolute Gasteiger partial charge is 0.238 e. The average molecular weight is 314 g/mol. The van der Waals surface area contributed by atoms with Gasteiger partial charge < -0.3 is 16.0 Å². The molecular formula is C14H26N4O2S. The molecular weight excluding hydrogens is 288 g/mol. The molecule has 0 bridgehead atoms. The molecule has 7 heteroatoms. The summed E-state index contributed by atoms with van der Waals surface area (Å²) < 4.78 is 23.2. The molecule has 1 aromatic carbocycles. The van der Waals surface area contributed by atoms with E-state index in [4.69, 9.17) is 10.9 Å². The van der Waals surface area contributed by atoms with Crippen molar-refractivity contribution in [3.05, 3.63) is 17.7 Å². The number of anilines is 2. The summed E-state index contributed by atoms with van der Waals surface area (Å²) in [4.78, 5) is 2.18. The van der Waals surface area contributed by atoms with Crippen LogP contribution in [0.1, 0.15) is 19.4 Å². The van der Waals surface area contributed by atoms with Gasteiger partial charge in [0, 0.05) is 24.5 Å². The zero-order valence-corrected chi connectivity index (χ0v) is 14.2. The third-order valence-corrected chi connectivity index (χ3v) is 4.23. The summed E-state index contributed by atoms with van der Waals surface area (Å²) in [7, 11) is 0.261. The second-order valence-corrected chi connectivity index (χ2v) is 8.02. The first-order valence-electron chi connectivity index (χ1n) is 6.74. The van der Waals surface area contributed by atoms with Crippen LogP contribution in [-0.4, -0.2) is 40.5 Å². The molecule has 5 N–H and O–H groups in total. The van der Waals surface area contributed by atoms with Gasteiger partial charge in [0.15, 0.2) is 0 Å². The Morgan fingerprint density at radius 2 is 1.86 bits per heavy atom. The molecule has 0 fully saturated rings. The summed E-state index contributed by atoms with van der Waals surface area (Å²) in [5.41, 5.74) is 7.47. The predicted molar refractivity (Wildman–Crippen MR) is 87.8 cm³/mol. The fourth-order valence-electron chi connectivity index (χ4n) is 2.43. The molecule has 1 rings (SSSR count). The maximum absolute atomic E-state index is 11.6. The molecule has 0 saturated heterocycles. The lowest BCUT2D eigenvalue weighted by Crippen LogP contribution is -2.34. The molecule has 0 spiro atoms. The highest BCUT2D eigenvalue weighted by Crippen LogP contribution is 2.27. The van der Waals surface area contributed by atoms with Crippen molar-refractivity contribution in [1.29, 1.82) is 0 Å². The number of sulfonamides is 1. The van der Waals surface area contributed by atoms with Crippen LogP contribution in [0.25, 0.3) is 0 Å². The van der Waals surface area contributed by atoms with Crippen LogP contribution in [0.5, 0.6) is 0 Å². The number of nitrogens with zero attached hydrogens (tertiary/aromatic N) is 1. The first-order valence-corrected chi connectivity index (χ1v) is 8.28. The van der Waals surface area contributed by atoms with E-state index in [-0.39, 0.29) is 10.3 Å². The molecule has 0 aliphatic carbocycles. The molecule has 6 nitrogen and oxygen atoms in total. The Morgan fingerprint density at radius 1 is 1.29 bits per heavy atom. The van der Waals surface area contributed by atoms with Crippen LogP contribution >= 0.6 is 0 Å². The van der Waals surface area contributed by atoms with Crippen molar-refractivity contribution < 1.29 is 8.42 Å². The number of primary sulfonamides is 1. The third kappa shape index (κ3) is 5.18. The Labute approximate surface area is 127 Å². The number of hydrogen-bond acceptors (Lipinski definition) is 5. The predicted octanol–water partition coefficient (Wildman–Crippen LogP) is 1.22. The van der Waals surface area contributed by atoms with Crippen molar-refractivity contribution in [2.75, 3.05) is 38.2 Å². The second kappa shape index (κ2) is 6.21. The Bertz CT molecular complexity index is 610. The van der Waals surface area contributed by atoms with Gasteiger partial charge in [-0.1, -0.05) is 13.8 Å². The van der Waals surface area contributed by atoms with E-state index in [1.54, 1.807) is 13.0 Å². The first-order chi connectivity index (χ1) is 9.42. The van der Waals surface area contributed by atoms with Gasteiger partial charge in [0.2, 0.25) is 10.0 Å². The van der Waals surface area contributed by atoms with E-state index < -0.39 is 10.0 Å².